The van der Waals surface area contributed by atoms with Gasteiger partial charge in [-0.2, -0.15) is 0 Å². The van der Waals surface area contributed by atoms with Crippen molar-refractivity contribution in [2.24, 2.45) is 11.8 Å². The van der Waals surface area contributed by atoms with E-state index in [1.54, 1.807) is 0 Å². The van der Waals surface area contributed by atoms with E-state index < -0.39 is 0 Å². The summed E-state index contributed by atoms with van der Waals surface area (Å²) in [6.07, 6.45) is 5.94. The molecule has 2 heteroatoms. The van der Waals surface area contributed by atoms with Crippen LogP contribution < -0.4 is 0 Å². The average Bonchev–Trinajstić information content (AvgIpc) is 2.61. The summed E-state index contributed by atoms with van der Waals surface area (Å²) in [5.41, 5.74) is 1.41. The maximum absolute atomic E-state index is 9.90. The first-order valence-corrected chi connectivity index (χ1v) is 7.75. The lowest BCUT2D eigenvalue weighted by molar-refractivity contribution is 0.0578. The Bertz CT molecular complexity index is 392. The van der Waals surface area contributed by atoms with Gasteiger partial charge >= 0.3 is 0 Å². The second kappa shape index (κ2) is 6.06. The van der Waals surface area contributed by atoms with Gasteiger partial charge in [-0.1, -0.05) is 30.3 Å². The number of aliphatic hydroxyl groups is 1. The predicted molar refractivity (Wildman–Crippen MR) is 77.8 cm³/mol. The molecule has 3 rings (SSSR count). The molecular formula is C17H25NO. The molecule has 0 spiro atoms. The molecule has 2 aliphatic rings. The normalized spacial score (nSPS) is 32.6. The van der Waals surface area contributed by atoms with Crippen LogP contribution in [0.1, 0.15) is 37.7 Å². The SMILES string of the molecule is OC1CCC2CCCN(Cc3ccccc3)CC2C1. The molecule has 19 heavy (non-hydrogen) atoms. The fraction of sp³-hybridized carbons (Fsp3) is 0.647. The summed E-state index contributed by atoms with van der Waals surface area (Å²) in [6.45, 7) is 3.47. The minimum atomic E-state index is -0.0436. The van der Waals surface area contributed by atoms with Crippen molar-refractivity contribution in [3.05, 3.63) is 35.9 Å². The minimum Gasteiger partial charge on any atom is -0.393 e. The topological polar surface area (TPSA) is 23.5 Å². The molecule has 0 bridgehead atoms. The highest BCUT2D eigenvalue weighted by molar-refractivity contribution is 5.14. The van der Waals surface area contributed by atoms with Crippen molar-refractivity contribution in [2.45, 2.75) is 44.8 Å². The number of hydrogen-bond acceptors (Lipinski definition) is 2. The Balaban J connectivity index is 1.63. The molecule has 1 aromatic rings. The number of benzene rings is 1. The summed E-state index contributed by atoms with van der Waals surface area (Å²) < 4.78 is 0. The van der Waals surface area contributed by atoms with E-state index >= 15 is 0 Å². The zero-order valence-corrected chi connectivity index (χ0v) is 11.7. The second-order valence-corrected chi connectivity index (χ2v) is 6.35. The van der Waals surface area contributed by atoms with Gasteiger partial charge in [-0.25, -0.2) is 0 Å². The quantitative estimate of drug-likeness (QED) is 0.882. The third-order valence-corrected chi connectivity index (χ3v) is 4.90. The predicted octanol–water partition coefficient (Wildman–Crippen LogP) is 3.06. The second-order valence-electron chi connectivity index (χ2n) is 6.35. The van der Waals surface area contributed by atoms with Crippen molar-refractivity contribution >= 4 is 0 Å². The summed E-state index contributed by atoms with van der Waals surface area (Å²) in [7, 11) is 0. The molecule has 0 aromatic heterocycles. The van der Waals surface area contributed by atoms with Crippen LogP contribution in [-0.2, 0) is 6.54 Å². The fourth-order valence-electron chi connectivity index (χ4n) is 3.89. The summed E-state index contributed by atoms with van der Waals surface area (Å²) >= 11 is 0. The number of fused-ring (bicyclic) bond motifs is 1. The Kier molecular flexibility index (Phi) is 4.19. The summed E-state index contributed by atoms with van der Waals surface area (Å²) in [5, 5.41) is 9.90. The van der Waals surface area contributed by atoms with E-state index in [1.807, 2.05) is 0 Å². The molecule has 2 fully saturated rings. The van der Waals surface area contributed by atoms with Crippen LogP contribution in [0.4, 0.5) is 0 Å². The third-order valence-electron chi connectivity index (χ3n) is 4.90. The van der Waals surface area contributed by atoms with Gasteiger partial charge in [-0.15, -0.1) is 0 Å². The van der Waals surface area contributed by atoms with Gasteiger partial charge in [0.1, 0.15) is 0 Å². The number of rotatable bonds is 2. The lowest BCUT2D eigenvalue weighted by Crippen LogP contribution is -2.35. The van der Waals surface area contributed by atoms with Crippen LogP contribution in [0.25, 0.3) is 0 Å². The van der Waals surface area contributed by atoms with Crippen LogP contribution in [0.3, 0.4) is 0 Å². The highest BCUT2D eigenvalue weighted by atomic mass is 16.3. The Hall–Kier alpha value is -0.860. The van der Waals surface area contributed by atoms with Crippen LogP contribution in [-0.4, -0.2) is 29.2 Å². The number of likely N-dealkylation sites (tertiary alicyclic amines) is 1. The third kappa shape index (κ3) is 3.37. The standard InChI is InChI=1S/C17H25NO/c19-17-9-8-15-7-4-10-18(13-16(15)11-17)12-14-5-2-1-3-6-14/h1-3,5-6,15-17,19H,4,7-13H2. The Morgan fingerprint density at radius 2 is 1.89 bits per heavy atom. The highest BCUT2D eigenvalue weighted by Crippen LogP contribution is 2.36. The van der Waals surface area contributed by atoms with Gasteiger partial charge in [0.2, 0.25) is 0 Å². The lowest BCUT2D eigenvalue weighted by Gasteiger charge is -2.34. The number of aliphatic hydroxyl groups excluding tert-OH is 1. The van der Waals surface area contributed by atoms with Gasteiger partial charge in [-0.05, 0) is 56.0 Å². The average molecular weight is 259 g/mol. The fourth-order valence-corrected chi connectivity index (χ4v) is 3.89. The molecule has 0 amide bonds. The van der Waals surface area contributed by atoms with Crippen molar-refractivity contribution in [1.82, 2.24) is 4.90 Å². The van der Waals surface area contributed by atoms with Crippen molar-refractivity contribution in [1.29, 1.82) is 0 Å². The molecule has 0 radical (unpaired) electrons. The molecule has 1 aromatic carbocycles. The molecule has 1 aliphatic carbocycles. The maximum Gasteiger partial charge on any atom is 0.0543 e. The van der Waals surface area contributed by atoms with E-state index in [1.165, 1.54) is 37.9 Å². The molecule has 1 heterocycles. The molecule has 3 unspecified atom stereocenters. The first kappa shape index (κ1) is 13.1. The van der Waals surface area contributed by atoms with Crippen LogP contribution in [0, 0.1) is 11.8 Å². The summed E-state index contributed by atoms with van der Waals surface area (Å²) in [6, 6.07) is 10.8. The summed E-state index contributed by atoms with van der Waals surface area (Å²) in [5.74, 6) is 1.58. The first-order valence-electron chi connectivity index (χ1n) is 7.75. The molecular weight excluding hydrogens is 234 g/mol. The van der Waals surface area contributed by atoms with Crippen LogP contribution >= 0.6 is 0 Å². The van der Waals surface area contributed by atoms with Gasteiger partial charge in [0.25, 0.3) is 0 Å². The molecule has 2 nitrogen and oxygen atoms in total. The number of nitrogens with zero attached hydrogens (tertiary/aromatic N) is 1. The van der Waals surface area contributed by atoms with Crippen LogP contribution in [0.5, 0.6) is 0 Å². The van der Waals surface area contributed by atoms with Crippen molar-refractivity contribution in [3.8, 4) is 0 Å². The molecule has 104 valence electrons. The van der Waals surface area contributed by atoms with E-state index in [2.05, 4.69) is 35.2 Å². The van der Waals surface area contributed by atoms with E-state index in [9.17, 15) is 5.11 Å². The van der Waals surface area contributed by atoms with E-state index in [4.69, 9.17) is 0 Å². The van der Waals surface area contributed by atoms with Crippen molar-refractivity contribution in [3.63, 3.8) is 0 Å². The molecule has 1 saturated carbocycles. The van der Waals surface area contributed by atoms with E-state index in [0.29, 0.717) is 0 Å². The minimum absolute atomic E-state index is 0.0436. The maximum atomic E-state index is 9.90. The largest absolute Gasteiger partial charge is 0.393 e. The Morgan fingerprint density at radius 3 is 2.74 bits per heavy atom. The van der Waals surface area contributed by atoms with Crippen molar-refractivity contribution < 1.29 is 5.11 Å². The van der Waals surface area contributed by atoms with Gasteiger partial charge in [0.05, 0.1) is 6.10 Å². The van der Waals surface area contributed by atoms with Crippen LogP contribution in [0.2, 0.25) is 0 Å². The Morgan fingerprint density at radius 1 is 1.05 bits per heavy atom. The van der Waals surface area contributed by atoms with Crippen LogP contribution in [0.15, 0.2) is 30.3 Å². The highest BCUT2D eigenvalue weighted by Gasteiger charge is 2.32. The van der Waals surface area contributed by atoms with Gasteiger partial charge in [0, 0.05) is 13.1 Å². The molecule has 1 aliphatic heterocycles. The zero-order valence-electron chi connectivity index (χ0n) is 11.7. The van der Waals surface area contributed by atoms with Gasteiger partial charge < -0.3 is 5.11 Å². The van der Waals surface area contributed by atoms with E-state index in [-0.39, 0.29) is 6.10 Å². The Labute approximate surface area is 116 Å². The lowest BCUT2D eigenvalue weighted by atomic mass is 9.76. The van der Waals surface area contributed by atoms with Gasteiger partial charge in [-0.3, -0.25) is 4.90 Å². The first-order chi connectivity index (χ1) is 9.31. The molecule has 1 saturated heterocycles. The van der Waals surface area contributed by atoms with E-state index in [0.717, 1.165) is 31.2 Å². The van der Waals surface area contributed by atoms with Crippen molar-refractivity contribution in [2.75, 3.05) is 13.1 Å². The number of hydrogen-bond donors (Lipinski definition) is 1. The molecule has 1 N–H and O–H groups in total. The summed E-state index contributed by atoms with van der Waals surface area (Å²) in [4.78, 5) is 2.60. The van der Waals surface area contributed by atoms with Gasteiger partial charge in [0.15, 0.2) is 0 Å². The zero-order chi connectivity index (χ0) is 13.1. The molecule has 3 atom stereocenters. The monoisotopic (exact) mass is 259 g/mol. The smallest absolute Gasteiger partial charge is 0.0543 e.